The summed E-state index contributed by atoms with van der Waals surface area (Å²) < 4.78 is 62.4. The van der Waals surface area contributed by atoms with Crippen LogP contribution in [-0.4, -0.2) is 55.1 Å². The summed E-state index contributed by atoms with van der Waals surface area (Å²) in [7, 11) is -3.21. The molecule has 9 nitrogen and oxygen atoms in total. The Morgan fingerprint density at radius 1 is 1.36 bits per heavy atom. The molecule has 0 amide bonds. The summed E-state index contributed by atoms with van der Waals surface area (Å²) >= 11 is 6.33. The van der Waals surface area contributed by atoms with Gasteiger partial charge in [-0.05, 0) is 24.3 Å². The van der Waals surface area contributed by atoms with E-state index in [4.69, 9.17) is 17.1 Å². The Morgan fingerprint density at radius 2 is 2.12 bits per heavy atom. The van der Waals surface area contributed by atoms with Crippen LogP contribution in [0.25, 0.3) is 5.65 Å². The minimum atomic E-state index is -4.59. The van der Waals surface area contributed by atoms with Crippen molar-refractivity contribution in [2.45, 2.75) is 23.9 Å². The Bertz CT molecular complexity index is 1180. The molecule has 0 unspecified atom stereocenters. The lowest BCUT2D eigenvalue weighted by atomic mass is 9.91. The lowest BCUT2D eigenvalue weighted by Crippen LogP contribution is -2.39. The van der Waals surface area contributed by atoms with Crippen molar-refractivity contribution in [1.82, 2.24) is 33.7 Å². The van der Waals surface area contributed by atoms with Gasteiger partial charge in [0.05, 0.1) is 0 Å². The van der Waals surface area contributed by atoms with Crippen molar-refractivity contribution < 1.29 is 13.9 Å². The van der Waals surface area contributed by atoms with Gasteiger partial charge in [-0.1, -0.05) is 11.6 Å². The van der Waals surface area contributed by atoms with Crippen LogP contribution < -0.4 is 0 Å². The number of aryl methyl sites for hydroxylation is 1. The molecule has 1 aliphatic rings. The predicted molar refractivity (Wildman–Crippen MR) is 89.7 cm³/mol. The molecular formula is C14H16ClN7O2S. The highest BCUT2D eigenvalue weighted by Gasteiger charge is 2.33. The first-order chi connectivity index (χ1) is 13.4. The average molecular weight is 386 g/mol. The van der Waals surface area contributed by atoms with Crippen molar-refractivity contribution in [3.8, 4) is 0 Å². The monoisotopic (exact) mass is 385 g/mol. The van der Waals surface area contributed by atoms with E-state index in [-0.39, 0.29) is 22.2 Å². The van der Waals surface area contributed by atoms with Crippen molar-refractivity contribution in [1.29, 1.82) is 0 Å². The average Bonchev–Trinajstić information content (AvgIpc) is 3.19. The van der Waals surface area contributed by atoms with Crippen LogP contribution in [0.3, 0.4) is 0 Å². The molecule has 1 saturated heterocycles. The lowest BCUT2D eigenvalue weighted by Gasteiger charge is -2.31. The zero-order valence-electron chi connectivity index (χ0n) is 17.0. The molecule has 1 aliphatic heterocycles. The number of rotatable bonds is 3. The topological polar surface area (TPSA) is 98.3 Å². The molecule has 11 heteroatoms. The highest BCUT2D eigenvalue weighted by atomic mass is 35.5. The van der Waals surface area contributed by atoms with Crippen LogP contribution in [0.15, 0.2) is 30.1 Å². The summed E-state index contributed by atoms with van der Waals surface area (Å²) in [6.07, 6.45) is 3.45. The summed E-state index contributed by atoms with van der Waals surface area (Å²) in [5, 5.41) is 10.8. The third-order valence-electron chi connectivity index (χ3n) is 3.94. The first-order valence-electron chi connectivity index (χ1n) is 9.32. The predicted octanol–water partition coefficient (Wildman–Crippen LogP) is 1.08. The second kappa shape index (κ2) is 6.04. The molecule has 0 bridgehead atoms. The standard InChI is InChI=1S/C14H16ClN7O2S/c1-20-9-17-19-14(20)25(23,24)21-4-2-10(3-5-21)11-7-22-13(6-12(11)15)16-8-18-22/h6-10H,2-5H2,1H3/i4D2,5D2. The number of piperidine rings is 1. The van der Waals surface area contributed by atoms with E-state index in [1.54, 1.807) is 12.3 Å². The Hall–Kier alpha value is -2.04. The first-order valence-corrected chi connectivity index (χ1v) is 9.14. The van der Waals surface area contributed by atoms with E-state index < -0.39 is 34.1 Å². The van der Waals surface area contributed by atoms with Gasteiger partial charge in [0, 0.05) is 42.8 Å². The quantitative estimate of drug-likeness (QED) is 0.669. The summed E-state index contributed by atoms with van der Waals surface area (Å²) in [6.45, 7) is -5.09. The number of hydrogen-bond acceptors (Lipinski definition) is 6. The van der Waals surface area contributed by atoms with Crippen LogP contribution in [-0.2, 0) is 17.1 Å². The van der Waals surface area contributed by atoms with Gasteiger partial charge in [0.25, 0.3) is 15.2 Å². The second-order valence-electron chi connectivity index (χ2n) is 5.55. The lowest BCUT2D eigenvalue weighted by molar-refractivity contribution is 0.316. The van der Waals surface area contributed by atoms with E-state index in [1.165, 1.54) is 17.9 Å². The van der Waals surface area contributed by atoms with E-state index in [9.17, 15) is 8.42 Å². The molecule has 0 aliphatic carbocycles. The van der Waals surface area contributed by atoms with Gasteiger partial charge in [0.1, 0.15) is 12.7 Å². The fourth-order valence-corrected chi connectivity index (χ4v) is 4.16. The second-order valence-corrected chi connectivity index (χ2v) is 7.64. The van der Waals surface area contributed by atoms with Crippen molar-refractivity contribution in [3.05, 3.63) is 35.5 Å². The summed E-state index contributed by atoms with van der Waals surface area (Å²) in [5.74, 6) is -0.688. The number of halogens is 1. The molecule has 0 spiro atoms. The van der Waals surface area contributed by atoms with E-state index in [1.807, 2.05) is 0 Å². The zero-order chi connectivity index (χ0) is 21.2. The fourth-order valence-electron chi connectivity index (χ4n) is 2.64. The number of aromatic nitrogens is 6. The van der Waals surface area contributed by atoms with Gasteiger partial charge in [-0.25, -0.2) is 17.9 Å². The van der Waals surface area contributed by atoms with E-state index in [0.717, 1.165) is 10.9 Å². The summed E-state index contributed by atoms with van der Waals surface area (Å²) in [6, 6.07) is 1.55. The Kier molecular flexibility index (Phi) is 2.98. The van der Waals surface area contributed by atoms with Gasteiger partial charge >= 0.3 is 0 Å². The van der Waals surface area contributed by atoms with Gasteiger partial charge in [0.15, 0.2) is 5.65 Å². The smallest absolute Gasteiger partial charge is 0.278 e. The minimum absolute atomic E-state index is 0.245. The molecule has 1 fully saturated rings. The highest BCUT2D eigenvalue weighted by Crippen LogP contribution is 2.34. The van der Waals surface area contributed by atoms with Gasteiger partial charge in [0.2, 0.25) is 0 Å². The number of fused-ring (bicyclic) bond motifs is 1. The number of pyridine rings is 1. The maximum Gasteiger partial charge on any atom is 0.278 e. The molecule has 0 radical (unpaired) electrons. The molecule has 3 aromatic rings. The van der Waals surface area contributed by atoms with Gasteiger partial charge in [-0.3, -0.25) is 0 Å². The number of hydrogen-bond donors (Lipinski definition) is 0. The summed E-state index contributed by atoms with van der Waals surface area (Å²) in [5.41, 5.74) is 0.959. The maximum atomic E-state index is 13.0. The van der Waals surface area contributed by atoms with Gasteiger partial charge in [-0.2, -0.15) is 9.40 Å². The third kappa shape index (κ3) is 2.79. The molecule has 0 saturated carbocycles. The van der Waals surface area contributed by atoms with E-state index in [0.29, 0.717) is 11.2 Å². The van der Waals surface area contributed by atoms with Crippen molar-refractivity contribution in [3.63, 3.8) is 0 Å². The minimum Gasteiger partial charge on any atom is -0.306 e. The van der Waals surface area contributed by atoms with Crippen LogP contribution >= 0.6 is 11.6 Å². The molecule has 4 rings (SSSR count). The van der Waals surface area contributed by atoms with Gasteiger partial charge < -0.3 is 4.57 Å². The Morgan fingerprint density at radius 3 is 2.80 bits per heavy atom. The van der Waals surface area contributed by atoms with Crippen LogP contribution in [0.5, 0.6) is 0 Å². The fraction of sp³-hybridized carbons (Fsp3) is 0.429. The van der Waals surface area contributed by atoms with Crippen LogP contribution in [0.4, 0.5) is 0 Å². The molecule has 25 heavy (non-hydrogen) atoms. The molecule has 132 valence electrons. The van der Waals surface area contributed by atoms with Crippen molar-refractivity contribution in [2.75, 3.05) is 13.0 Å². The zero-order valence-corrected chi connectivity index (χ0v) is 14.6. The van der Waals surface area contributed by atoms with Gasteiger partial charge in [-0.15, -0.1) is 10.2 Å². The molecule has 3 aromatic heterocycles. The molecule has 0 N–H and O–H groups in total. The van der Waals surface area contributed by atoms with Crippen LogP contribution in [0, 0.1) is 0 Å². The molecular weight excluding hydrogens is 366 g/mol. The van der Waals surface area contributed by atoms with Crippen molar-refractivity contribution in [2.24, 2.45) is 7.05 Å². The SMILES string of the molecule is [2H]C1([2H])CC(c2cn3ncnc3cc2Cl)CC([2H])([2H])N1S(=O)(=O)c1nncn1C. The largest absolute Gasteiger partial charge is 0.306 e. The summed E-state index contributed by atoms with van der Waals surface area (Å²) in [4.78, 5) is 4.02. The molecule has 0 aromatic carbocycles. The van der Waals surface area contributed by atoms with Crippen molar-refractivity contribution >= 4 is 27.3 Å². The molecule has 0 atom stereocenters. The Balaban J connectivity index is 1.77. The van der Waals surface area contributed by atoms with Crippen LogP contribution in [0.1, 0.15) is 29.8 Å². The van der Waals surface area contributed by atoms with E-state index in [2.05, 4.69) is 20.3 Å². The first kappa shape index (κ1) is 12.3. The normalized spacial score (nSPS) is 23.8. The molecule has 4 heterocycles. The number of sulfonamides is 1. The third-order valence-corrected chi connectivity index (χ3v) is 5.83. The maximum absolute atomic E-state index is 13.0. The van der Waals surface area contributed by atoms with E-state index >= 15 is 0 Å². The number of nitrogens with zero attached hydrogens (tertiary/aromatic N) is 7. The highest BCUT2D eigenvalue weighted by molar-refractivity contribution is 7.89. The Labute approximate surface area is 154 Å². The van der Waals surface area contributed by atoms with Crippen LogP contribution in [0.2, 0.25) is 5.02 Å².